The lowest BCUT2D eigenvalue weighted by molar-refractivity contribution is 1.25. The van der Waals surface area contributed by atoms with Crippen LogP contribution in [0.5, 0.6) is 0 Å². The van der Waals surface area contributed by atoms with Crippen LogP contribution < -0.4 is 0 Å². The van der Waals surface area contributed by atoms with Crippen LogP contribution in [-0.2, 0) is 0 Å². The van der Waals surface area contributed by atoms with E-state index in [1.165, 1.54) is 0 Å². The van der Waals surface area contributed by atoms with Crippen molar-refractivity contribution in [3.63, 3.8) is 0 Å². The highest BCUT2D eigenvalue weighted by atomic mass is 79.9. The molecule has 2 rings (SSSR count). The first-order chi connectivity index (χ1) is 9.58. The Kier molecular flexibility index (Phi) is 5.35. The maximum atomic E-state index is 6.15. The molecule has 0 amide bonds. The Bertz CT molecular complexity index is 681. The summed E-state index contributed by atoms with van der Waals surface area (Å²) in [6.45, 7) is 1.97. The number of hydrogen-bond acceptors (Lipinski definition) is 2. The number of hydrogen-bond donors (Lipinski definition) is 0. The summed E-state index contributed by atoms with van der Waals surface area (Å²) in [6.07, 6.45) is 0. The van der Waals surface area contributed by atoms with Crippen LogP contribution in [0.2, 0.25) is 0 Å². The van der Waals surface area contributed by atoms with Gasteiger partial charge in [0.25, 0.3) is 0 Å². The van der Waals surface area contributed by atoms with Crippen molar-refractivity contribution in [2.75, 3.05) is 0 Å². The molecule has 0 aliphatic rings. The van der Waals surface area contributed by atoms with Gasteiger partial charge in [-0.25, -0.2) is 0 Å². The first-order valence-corrected chi connectivity index (χ1v) is 7.41. The lowest BCUT2D eigenvalue weighted by Gasteiger charge is -2.01. The van der Waals surface area contributed by atoms with E-state index >= 15 is 0 Å². The smallest absolute Gasteiger partial charge is 0.136 e. The first-order valence-electron chi connectivity index (χ1n) is 5.86. The minimum Gasteiger partial charge on any atom is -0.136 e. The van der Waals surface area contributed by atoms with Gasteiger partial charge in [-0.15, -0.1) is 10.2 Å². The fraction of sp³-hybridized carbons (Fsp3) is 0.0667. The van der Waals surface area contributed by atoms with Gasteiger partial charge in [-0.3, -0.25) is 0 Å². The Balaban J connectivity index is 2.27. The van der Waals surface area contributed by atoms with Crippen LogP contribution in [0, 0.1) is 6.92 Å². The molecule has 2 aromatic rings. The lowest BCUT2D eigenvalue weighted by atomic mass is 10.1. The molecule has 2 aromatic carbocycles. The van der Waals surface area contributed by atoms with Gasteiger partial charge in [-0.2, -0.15) is 0 Å². The van der Waals surface area contributed by atoms with Crippen LogP contribution in [0.3, 0.4) is 0 Å². The van der Waals surface area contributed by atoms with Crippen LogP contribution in [0.15, 0.2) is 63.2 Å². The van der Waals surface area contributed by atoms with Gasteiger partial charge in [0.2, 0.25) is 0 Å². The molecule has 2 nitrogen and oxygen atoms in total. The molecule has 0 atom stereocenters. The van der Waals surface area contributed by atoms with E-state index < -0.39 is 0 Å². The van der Waals surface area contributed by atoms with Gasteiger partial charge in [0, 0.05) is 15.6 Å². The molecule has 5 heteroatoms. The number of halogens is 3. The minimum absolute atomic E-state index is 0.290. The van der Waals surface area contributed by atoms with Gasteiger partial charge in [-0.05, 0) is 24.6 Å². The molecular formula is C15H11BrCl2N2. The van der Waals surface area contributed by atoms with Gasteiger partial charge >= 0.3 is 0 Å². The summed E-state index contributed by atoms with van der Waals surface area (Å²) in [5.41, 5.74) is 2.66. The standard InChI is InChI=1S/C15H11BrCl2N2/c1-10-5-2-3-8-13(10)15(18)20-19-14(17)11-6-4-7-12(16)9-11/h2-9H,1H3/b19-14-,20-15-. The topological polar surface area (TPSA) is 24.7 Å². The normalized spacial score (nSPS) is 12.6. The molecule has 102 valence electrons. The number of nitrogens with zero attached hydrogens (tertiary/aromatic N) is 2. The summed E-state index contributed by atoms with van der Waals surface area (Å²) < 4.78 is 0.928. The van der Waals surface area contributed by atoms with Crippen molar-refractivity contribution in [2.24, 2.45) is 10.2 Å². The van der Waals surface area contributed by atoms with Crippen LogP contribution in [0.25, 0.3) is 0 Å². The predicted molar refractivity (Wildman–Crippen MR) is 90.1 cm³/mol. The molecule has 0 unspecified atom stereocenters. The molecule has 20 heavy (non-hydrogen) atoms. The molecule has 0 fully saturated rings. The maximum Gasteiger partial charge on any atom is 0.159 e. The van der Waals surface area contributed by atoms with E-state index in [-0.39, 0.29) is 5.17 Å². The van der Waals surface area contributed by atoms with Crippen molar-refractivity contribution in [2.45, 2.75) is 6.92 Å². The largest absolute Gasteiger partial charge is 0.159 e. The van der Waals surface area contributed by atoms with Gasteiger partial charge in [0.05, 0.1) is 0 Å². The summed E-state index contributed by atoms with van der Waals surface area (Å²) in [4.78, 5) is 0. The lowest BCUT2D eigenvalue weighted by Crippen LogP contribution is -1.95. The monoisotopic (exact) mass is 368 g/mol. The third-order valence-corrected chi connectivity index (χ3v) is 3.72. The van der Waals surface area contributed by atoms with E-state index in [0.717, 1.165) is 21.2 Å². The molecule has 0 aliphatic heterocycles. The van der Waals surface area contributed by atoms with Gasteiger partial charge in [0.15, 0.2) is 10.3 Å². The number of aryl methyl sites for hydroxylation is 1. The Morgan fingerprint density at radius 2 is 1.65 bits per heavy atom. The minimum atomic E-state index is 0.290. The summed E-state index contributed by atoms with van der Waals surface area (Å²) >= 11 is 15.6. The Hall–Kier alpha value is -1.16. The van der Waals surface area contributed by atoms with Crippen LogP contribution in [0.1, 0.15) is 16.7 Å². The van der Waals surface area contributed by atoms with Crippen molar-refractivity contribution in [1.29, 1.82) is 0 Å². The average Bonchev–Trinajstić information content (AvgIpc) is 2.45. The highest BCUT2D eigenvalue weighted by molar-refractivity contribution is 9.10. The van der Waals surface area contributed by atoms with Gasteiger partial charge < -0.3 is 0 Å². The van der Waals surface area contributed by atoms with Crippen LogP contribution in [0.4, 0.5) is 0 Å². The Labute approximate surface area is 136 Å². The fourth-order valence-corrected chi connectivity index (χ4v) is 2.42. The zero-order valence-corrected chi connectivity index (χ0v) is 13.7. The SMILES string of the molecule is Cc1ccccc1/C(Cl)=N/N=C(\Cl)c1cccc(Br)c1. The quantitative estimate of drug-likeness (QED) is 0.515. The summed E-state index contributed by atoms with van der Waals surface area (Å²) in [6, 6.07) is 15.2. The summed E-state index contributed by atoms with van der Waals surface area (Å²) in [5.74, 6) is 0. The molecule has 0 bridgehead atoms. The third-order valence-electron chi connectivity index (χ3n) is 2.66. The summed E-state index contributed by atoms with van der Waals surface area (Å²) in [7, 11) is 0. The Morgan fingerprint density at radius 1 is 0.950 bits per heavy atom. The molecule has 0 saturated heterocycles. The highest BCUT2D eigenvalue weighted by Gasteiger charge is 2.04. The molecule has 0 heterocycles. The molecule has 0 radical (unpaired) electrons. The van der Waals surface area contributed by atoms with E-state index in [9.17, 15) is 0 Å². The second-order valence-corrected chi connectivity index (χ2v) is 5.74. The van der Waals surface area contributed by atoms with Crippen molar-refractivity contribution in [3.8, 4) is 0 Å². The zero-order chi connectivity index (χ0) is 14.5. The van der Waals surface area contributed by atoms with Crippen molar-refractivity contribution < 1.29 is 0 Å². The van der Waals surface area contributed by atoms with E-state index in [1.54, 1.807) is 0 Å². The second kappa shape index (κ2) is 7.02. The van der Waals surface area contributed by atoms with Gasteiger partial charge in [0.1, 0.15) is 0 Å². The van der Waals surface area contributed by atoms with Crippen molar-refractivity contribution in [3.05, 3.63) is 69.7 Å². The molecule has 0 spiro atoms. The third kappa shape index (κ3) is 3.92. The predicted octanol–water partition coefficient (Wildman–Crippen LogP) is 5.34. The average molecular weight is 370 g/mol. The highest BCUT2D eigenvalue weighted by Crippen LogP contribution is 2.15. The second-order valence-electron chi connectivity index (χ2n) is 4.11. The molecule has 0 N–H and O–H groups in total. The molecule has 0 aromatic heterocycles. The van der Waals surface area contributed by atoms with Crippen LogP contribution >= 0.6 is 39.1 Å². The molecule has 0 saturated carbocycles. The van der Waals surface area contributed by atoms with E-state index in [4.69, 9.17) is 23.2 Å². The number of benzene rings is 2. The van der Waals surface area contributed by atoms with E-state index in [0.29, 0.717) is 5.17 Å². The van der Waals surface area contributed by atoms with Gasteiger partial charge in [-0.1, -0.05) is 75.5 Å². The molecular weight excluding hydrogens is 359 g/mol. The zero-order valence-electron chi connectivity index (χ0n) is 10.6. The van der Waals surface area contributed by atoms with Crippen molar-refractivity contribution in [1.82, 2.24) is 0 Å². The molecule has 0 aliphatic carbocycles. The maximum absolute atomic E-state index is 6.15. The first kappa shape index (κ1) is 15.2. The van der Waals surface area contributed by atoms with Crippen molar-refractivity contribution >= 4 is 49.5 Å². The fourth-order valence-electron chi connectivity index (χ4n) is 1.62. The van der Waals surface area contributed by atoms with Crippen LogP contribution in [-0.4, -0.2) is 10.3 Å². The Morgan fingerprint density at radius 3 is 2.35 bits per heavy atom. The van der Waals surface area contributed by atoms with E-state index in [2.05, 4.69) is 26.1 Å². The number of rotatable bonds is 3. The summed E-state index contributed by atoms with van der Waals surface area (Å²) in [5, 5.41) is 8.56. The van der Waals surface area contributed by atoms with E-state index in [1.807, 2.05) is 55.5 Å².